The number of carbonyl (C=O) groups excluding carboxylic acids is 1. The number of benzene rings is 3. The SMILES string of the molecule is O=C(O)CC(c1ccccc1)S(=O)c1ccc(NC(=O)c2cccc(NC3=CCCCN3)c2)cc1. The Hall–Kier alpha value is -3.91. The molecule has 0 saturated carbocycles. The van der Waals surface area contributed by atoms with Crippen LogP contribution in [0.3, 0.4) is 0 Å². The Morgan fingerprint density at radius 3 is 2.43 bits per heavy atom. The van der Waals surface area contributed by atoms with Crippen LogP contribution in [0.15, 0.2) is 95.7 Å². The zero-order valence-corrected chi connectivity index (χ0v) is 19.9. The van der Waals surface area contributed by atoms with Crippen LogP contribution in [0.2, 0.25) is 0 Å². The molecule has 1 aliphatic heterocycles. The number of anilines is 2. The van der Waals surface area contributed by atoms with Gasteiger partial charge in [-0.1, -0.05) is 36.4 Å². The number of hydrogen-bond donors (Lipinski definition) is 4. The molecule has 0 spiro atoms. The van der Waals surface area contributed by atoms with Gasteiger partial charge in [0.25, 0.3) is 5.91 Å². The van der Waals surface area contributed by atoms with Crippen molar-refractivity contribution < 1.29 is 18.9 Å². The van der Waals surface area contributed by atoms with Gasteiger partial charge in [0.15, 0.2) is 0 Å². The molecule has 1 heterocycles. The van der Waals surface area contributed by atoms with Gasteiger partial charge in [0.1, 0.15) is 0 Å². The average molecular weight is 490 g/mol. The van der Waals surface area contributed by atoms with Crippen LogP contribution in [0, 0.1) is 0 Å². The number of amides is 1. The van der Waals surface area contributed by atoms with Crippen LogP contribution in [0.5, 0.6) is 0 Å². The van der Waals surface area contributed by atoms with E-state index in [4.69, 9.17) is 0 Å². The van der Waals surface area contributed by atoms with Crippen molar-refractivity contribution >= 4 is 34.1 Å². The van der Waals surface area contributed by atoms with E-state index in [9.17, 15) is 18.9 Å². The first-order valence-electron chi connectivity index (χ1n) is 11.4. The monoisotopic (exact) mass is 489 g/mol. The van der Waals surface area contributed by atoms with E-state index in [1.54, 1.807) is 60.7 Å². The minimum absolute atomic E-state index is 0.244. The Morgan fingerprint density at radius 2 is 1.74 bits per heavy atom. The van der Waals surface area contributed by atoms with Crippen molar-refractivity contribution in [3.8, 4) is 0 Å². The fourth-order valence-corrected chi connectivity index (χ4v) is 5.25. The molecule has 35 heavy (non-hydrogen) atoms. The summed E-state index contributed by atoms with van der Waals surface area (Å²) < 4.78 is 13.2. The van der Waals surface area contributed by atoms with E-state index in [1.165, 1.54) is 0 Å². The Labute approximate surface area is 206 Å². The fourth-order valence-electron chi connectivity index (χ4n) is 3.82. The summed E-state index contributed by atoms with van der Waals surface area (Å²) in [5.74, 6) is -0.335. The average Bonchev–Trinajstić information content (AvgIpc) is 2.88. The number of aliphatic carboxylic acids is 1. The van der Waals surface area contributed by atoms with Crippen LogP contribution in [-0.4, -0.2) is 27.7 Å². The standard InChI is InChI=1S/C27H27N3O4S/c31-26(32)18-24(19-7-2-1-3-8-19)35(34)23-14-12-21(13-15-23)30-27(33)20-9-6-10-22(17-20)29-25-11-4-5-16-28-25/h1-3,6-15,17,24,28-29H,4-5,16,18H2,(H,30,33)(H,31,32). The van der Waals surface area contributed by atoms with Crippen molar-refractivity contribution in [3.63, 3.8) is 0 Å². The summed E-state index contributed by atoms with van der Waals surface area (Å²) in [5.41, 5.74) is 2.58. The molecule has 1 amide bonds. The highest BCUT2D eigenvalue weighted by atomic mass is 32.2. The van der Waals surface area contributed by atoms with Gasteiger partial charge >= 0.3 is 5.97 Å². The molecule has 180 valence electrons. The number of carbonyl (C=O) groups is 2. The van der Waals surface area contributed by atoms with Gasteiger partial charge in [-0.3, -0.25) is 13.8 Å². The molecule has 1 aliphatic rings. The molecule has 0 aromatic heterocycles. The fraction of sp³-hybridized carbons (Fsp3) is 0.185. The van der Waals surface area contributed by atoms with Gasteiger partial charge < -0.3 is 21.1 Å². The van der Waals surface area contributed by atoms with Crippen molar-refractivity contribution in [2.45, 2.75) is 29.4 Å². The molecule has 8 heteroatoms. The van der Waals surface area contributed by atoms with Gasteiger partial charge in [-0.25, -0.2) is 0 Å². The van der Waals surface area contributed by atoms with Crippen molar-refractivity contribution in [2.24, 2.45) is 0 Å². The molecule has 3 aromatic carbocycles. The molecule has 4 N–H and O–H groups in total. The van der Waals surface area contributed by atoms with Gasteiger partial charge in [-0.05, 0) is 66.9 Å². The van der Waals surface area contributed by atoms with E-state index in [-0.39, 0.29) is 12.3 Å². The molecule has 3 aromatic rings. The minimum atomic E-state index is -1.57. The van der Waals surface area contributed by atoms with Crippen LogP contribution < -0.4 is 16.0 Å². The van der Waals surface area contributed by atoms with Crippen LogP contribution in [-0.2, 0) is 15.6 Å². The maximum atomic E-state index is 13.2. The molecule has 2 unspecified atom stereocenters. The third-order valence-corrected chi connectivity index (χ3v) is 7.28. The lowest BCUT2D eigenvalue weighted by Crippen LogP contribution is -2.24. The Balaban J connectivity index is 1.43. The highest BCUT2D eigenvalue weighted by Crippen LogP contribution is 2.29. The number of carboxylic acid groups (broad SMARTS) is 1. The Morgan fingerprint density at radius 1 is 0.971 bits per heavy atom. The number of hydrogen-bond acceptors (Lipinski definition) is 5. The topological polar surface area (TPSA) is 108 Å². The van der Waals surface area contributed by atoms with Gasteiger partial charge in [-0.2, -0.15) is 0 Å². The molecule has 4 rings (SSSR count). The Bertz CT molecular complexity index is 1240. The number of rotatable bonds is 9. The lowest BCUT2D eigenvalue weighted by Gasteiger charge is -2.17. The normalized spacial score (nSPS) is 14.7. The summed E-state index contributed by atoms with van der Waals surface area (Å²) in [6.45, 7) is 0.919. The van der Waals surface area contributed by atoms with Gasteiger partial charge in [0, 0.05) is 28.4 Å². The van der Waals surface area contributed by atoms with Crippen molar-refractivity contribution in [2.75, 3.05) is 17.2 Å². The van der Waals surface area contributed by atoms with Crippen LogP contribution >= 0.6 is 0 Å². The van der Waals surface area contributed by atoms with E-state index >= 15 is 0 Å². The molecule has 0 fully saturated rings. The molecular formula is C27H27N3O4S. The zero-order chi connectivity index (χ0) is 24.6. The summed E-state index contributed by atoms with van der Waals surface area (Å²) >= 11 is 0. The van der Waals surface area contributed by atoms with Crippen LogP contribution in [0.1, 0.15) is 40.4 Å². The second kappa shape index (κ2) is 11.5. The quantitative estimate of drug-likeness (QED) is 0.341. The van der Waals surface area contributed by atoms with Crippen molar-refractivity contribution in [1.29, 1.82) is 0 Å². The molecule has 0 bridgehead atoms. The maximum Gasteiger partial charge on any atom is 0.304 e. The second-order valence-corrected chi connectivity index (χ2v) is 9.80. The van der Waals surface area contributed by atoms with Crippen LogP contribution in [0.4, 0.5) is 11.4 Å². The first-order valence-corrected chi connectivity index (χ1v) is 12.6. The molecule has 7 nitrogen and oxygen atoms in total. The van der Waals surface area contributed by atoms with E-state index in [0.29, 0.717) is 21.7 Å². The van der Waals surface area contributed by atoms with Crippen LogP contribution in [0.25, 0.3) is 0 Å². The first kappa shape index (κ1) is 24.2. The molecule has 0 aliphatic carbocycles. The molecular weight excluding hydrogens is 462 g/mol. The van der Waals surface area contributed by atoms with Gasteiger partial charge in [0.05, 0.1) is 28.3 Å². The zero-order valence-electron chi connectivity index (χ0n) is 19.1. The Kier molecular flexibility index (Phi) is 7.95. The second-order valence-electron chi connectivity index (χ2n) is 8.17. The van der Waals surface area contributed by atoms with E-state index in [0.717, 1.165) is 30.9 Å². The van der Waals surface area contributed by atoms with E-state index in [1.807, 2.05) is 18.2 Å². The van der Waals surface area contributed by atoms with Gasteiger partial charge in [-0.15, -0.1) is 0 Å². The smallest absolute Gasteiger partial charge is 0.304 e. The number of allylic oxidation sites excluding steroid dienone is 1. The largest absolute Gasteiger partial charge is 0.481 e. The molecule has 0 radical (unpaired) electrons. The highest BCUT2D eigenvalue weighted by molar-refractivity contribution is 7.85. The maximum absolute atomic E-state index is 13.2. The number of carboxylic acids is 1. The summed E-state index contributed by atoms with van der Waals surface area (Å²) in [6, 6.07) is 22.9. The predicted octanol–water partition coefficient (Wildman–Crippen LogP) is 4.90. The lowest BCUT2D eigenvalue weighted by atomic mass is 10.1. The third-order valence-electron chi connectivity index (χ3n) is 5.58. The van der Waals surface area contributed by atoms with Crippen molar-refractivity contribution in [1.82, 2.24) is 5.32 Å². The summed E-state index contributed by atoms with van der Waals surface area (Å²) in [5, 5.41) is 18.1. The number of nitrogens with one attached hydrogen (secondary N) is 3. The third kappa shape index (κ3) is 6.58. The van der Waals surface area contributed by atoms with Crippen molar-refractivity contribution in [3.05, 3.63) is 102 Å². The predicted molar refractivity (Wildman–Crippen MR) is 138 cm³/mol. The summed E-state index contributed by atoms with van der Waals surface area (Å²) in [4.78, 5) is 24.7. The summed E-state index contributed by atoms with van der Waals surface area (Å²) in [7, 11) is -1.57. The highest BCUT2D eigenvalue weighted by Gasteiger charge is 2.23. The van der Waals surface area contributed by atoms with E-state index in [2.05, 4.69) is 22.0 Å². The lowest BCUT2D eigenvalue weighted by molar-refractivity contribution is -0.137. The van der Waals surface area contributed by atoms with Gasteiger partial charge in [0.2, 0.25) is 0 Å². The molecule has 2 atom stereocenters. The molecule has 0 saturated heterocycles. The minimum Gasteiger partial charge on any atom is -0.481 e. The van der Waals surface area contributed by atoms with E-state index < -0.39 is 22.0 Å². The first-order chi connectivity index (χ1) is 17.0. The summed E-state index contributed by atoms with van der Waals surface area (Å²) in [6.07, 6.45) is 3.97.